The number of benzene rings is 3. The zero-order chi connectivity index (χ0) is 21.8. The van der Waals surface area contributed by atoms with Gasteiger partial charge in [-0.15, -0.1) is 0 Å². The summed E-state index contributed by atoms with van der Waals surface area (Å²) in [5.41, 5.74) is 5.60. The van der Waals surface area contributed by atoms with E-state index in [-0.39, 0.29) is 5.91 Å². The SMILES string of the molecule is COc1ccc(CN(C)C(=O)c2ccc(CN3CCc4ccccc43)cc2)cc1OC. The molecule has 1 heterocycles. The highest BCUT2D eigenvalue weighted by Crippen LogP contribution is 2.29. The van der Waals surface area contributed by atoms with Crippen molar-refractivity contribution in [3.8, 4) is 11.5 Å². The van der Waals surface area contributed by atoms with E-state index in [2.05, 4.69) is 41.3 Å². The molecule has 1 aliphatic heterocycles. The van der Waals surface area contributed by atoms with Gasteiger partial charge in [0.25, 0.3) is 5.91 Å². The van der Waals surface area contributed by atoms with Crippen LogP contribution in [0, 0.1) is 0 Å². The van der Waals surface area contributed by atoms with Gasteiger partial charge in [0.1, 0.15) is 0 Å². The van der Waals surface area contributed by atoms with Crippen LogP contribution in [-0.2, 0) is 19.5 Å². The molecule has 0 radical (unpaired) electrons. The van der Waals surface area contributed by atoms with Crippen LogP contribution in [0.3, 0.4) is 0 Å². The Morgan fingerprint density at radius 2 is 1.65 bits per heavy atom. The molecule has 160 valence electrons. The molecule has 0 spiro atoms. The molecule has 0 aromatic heterocycles. The van der Waals surface area contributed by atoms with E-state index in [9.17, 15) is 4.79 Å². The lowest BCUT2D eigenvalue weighted by atomic mass is 10.1. The minimum atomic E-state index is -0.00662. The molecule has 4 rings (SSSR count). The molecule has 0 unspecified atom stereocenters. The molecule has 3 aromatic carbocycles. The second-order valence-corrected chi connectivity index (χ2v) is 7.85. The third-order valence-corrected chi connectivity index (χ3v) is 5.77. The van der Waals surface area contributed by atoms with Crippen molar-refractivity contribution in [3.63, 3.8) is 0 Å². The molecule has 0 atom stereocenters. The van der Waals surface area contributed by atoms with E-state index < -0.39 is 0 Å². The van der Waals surface area contributed by atoms with Crippen LogP contribution >= 0.6 is 0 Å². The smallest absolute Gasteiger partial charge is 0.253 e. The van der Waals surface area contributed by atoms with Gasteiger partial charge in [-0.1, -0.05) is 36.4 Å². The number of carbonyl (C=O) groups excluding carboxylic acids is 1. The first-order valence-electron chi connectivity index (χ1n) is 10.5. The summed E-state index contributed by atoms with van der Waals surface area (Å²) in [7, 11) is 5.03. The minimum Gasteiger partial charge on any atom is -0.493 e. The lowest BCUT2D eigenvalue weighted by Gasteiger charge is -2.20. The maximum absolute atomic E-state index is 12.9. The quantitative estimate of drug-likeness (QED) is 0.567. The summed E-state index contributed by atoms with van der Waals surface area (Å²) >= 11 is 0. The third kappa shape index (κ3) is 4.50. The highest BCUT2D eigenvalue weighted by molar-refractivity contribution is 5.94. The second kappa shape index (κ2) is 9.13. The molecule has 0 N–H and O–H groups in total. The zero-order valence-electron chi connectivity index (χ0n) is 18.3. The van der Waals surface area contributed by atoms with E-state index >= 15 is 0 Å². The summed E-state index contributed by atoms with van der Waals surface area (Å²) in [5.74, 6) is 1.33. The number of nitrogens with zero attached hydrogens (tertiary/aromatic N) is 2. The minimum absolute atomic E-state index is 0.00662. The van der Waals surface area contributed by atoms with E-state index in [4.69, 9.17) is 9.47 Å². The largest absolute Gasteiger partial charge is 0.493 e. The molecular weight excluding hydrogens is 388 g/mol. The Bertz CT molecular complexity index is 1060. The van der Waals surface area contributed by atoms with Crippen molar-refractivity contribution in [3.05, 3.63) is 89.0 Å². The van der Waals surface area contributed by atoms with Gasteiger partial charge in [-0.25, -0.2) is 0 Å². The number of amides is 1. The number of anilines is 1. The van der Waals surface area contributed by atoms with E-state index in [1.807, 2.05) is 37.4 Å². The van der Waals surface area contributed by atoms with E-state index in [1.165, 1.54) is 16.8 Å². The number of fused-ring (bicyclic) bond motifs is 1. The molecule has 1 amide bonds. The summed E-state index contributed by atoms with van der Waals surface area (Å²) < 4.78 is 10.6. The fraction of sp³-hybridized carbons (Fsp3) is 0.269. The van der Waals surface area contributed by atoms with Crippen LogP contribution in [0.25, 0.3) is 0 Å². The molecule has 1 aliphatic rings. The van der Waals surface area contributed by atoms with Gasteiger partial charge in [-0.2, -0.15) is 0 Å². The van der Waals surface area contributed by atoms with Gasteiger partial charge in [0.2, 0.25) is 0 Å². The first kappa shape index (κ1) is 20.8. The first-order valence-corrected chi connectivity index (χ1v) is 10.5. The van der Waals surface area contributed by atoms with Crippen LogP contribution in [0.4, 0.5) is 5.69 Å². The Labute approximate surface area is 183 Å². The van der Waals surface area contributed by atoms with Crippen molar-refractivity contribution >= 4 is 11.6 Å². The summed E-state index contributed by atoms with van der Waals surface area (Å²) in [6.45, 7) is 2.38. The van der Waals surface area contributed by atoms with Crippen molar-refractivity contribution < 1.29 is 14.3 Å². The number of ether oxygens (including phenoxy) is 2. The molecule has 0 bridgehead atoms. The predicted molar refractivity (Wildman–Crippen MR) is 123 cm³/mol. The van der Waals surface area contributed by atoms with Gasteiger partial charge >= 0.3 is 0 Å². The van der Waals surface area contributed by atoms with Gasteiger partial charge < -0.3 is 19.3 Å². The standard InChI is InChI=1S/C26H28N2O3/c1-27(17-20-10-13-24(30-2)25(16-20)31-3)26(29)22-11-8-19(9-12-22)18-28-15-14-21-6-4-5-7-23(21)28/h4-13,16H,14-15,17-18H2,1-3H3. The summed E-state index contributed by atoms with van der Waals surface area (Å²) in [6, 6.07) is 22.2. The van der Waals surface area contributed by atoms with Crippen molar-refractivity contribution in [2.45, 2.75) is 19.5 Å². The van der Waals surface area contributed by atoms with Crippen LogP contribution in [0.15, 0.2) is 66.7 Å². The fourth-order valence-corrected chi connectivity index (χ4v) is 4.09. The van der Waals surface area contributed by atoms with E-state index in [0.717, 1.165) is 25.1 Å². The predicted octanol–water partition coefficient (Wildman–Crippen LogP) is 4.54. The van der Waals surface area contributed by atoms with Crippen molar-refractivity contribution in [2.24, 2.45) is 0 Å². The van der Waals surface area contributed by atoms with Crippen LogP contribution < -0.4 is 14.4 Å². The third-order valence-electron chi connectivity index (χ3n) is 5.77. The molecule has 0 fully saturated rings. The van der Waals surface area contributed by atoms with Gasteiger partial charge in [-0.3, -0.25) is 4.79 Å². The fourth-order valence-electron chi connectivity index (χ4n) is 4.09. The number of methoxy groups -OCH3 is 2. The normalized spacial score (nSPS) is 12.4. The highest BCUT2D eigenvalue weighted by atomic mass is 16.5. The van der Waals surface area contributed by atoms with E-state index in [1.54, 1.807) is 19.1 Å². The van der Waals surface area contributed by atoms with Crippen LogP contribution in [0.2, 0.25) is 0 Å². The molecule has 5 nitrogen and oxygen atoms in total. The Kier molecular flexibility index (Phi) is 6.12. The lowest BCUT2D eigenvalue weighted by molar-refractivity contribution is 0.0785. The average Bonchev–Trinajstić information content (AvgIpc) is 3.21. The number of hydrogen-bond acceptors (Lipinski definition) is 4. The van der Waals surface area contributed by atoms with Crippen LogP contribution in [0.5, 0.6) is 11.5 Å². The van der Waals surface area contributed by atoms with Crippen LogP contribution in [-0.4, -0.2) is 38.6 Å². The molecule has 31 heavy (non-hydrogen) atoms. The number of para-hydroxylation sites is 1. The van der Waals surface area contributed by atoms with Gasteiger partial charge in [0.05, 0.1) is 14.2 Å². The molecule has 5 heteroatoms. The highest BCUT2D eigenvalue weighted by Gasteiger charge is 2.19. The molecule has 0 saturated heterocycles. The molecule has 0 aliphatic carbocycles. The maximum atomic E-state index is 12.9. The summed E-state index contributed by atoms with van der Waals surface area (Å²) in [4.78, 5) is 17.0. The monoisotopic (exact) mass is 416 g/mol. The van der Waals surface area contributed by atoms with E-state index in [0.29, 0.717) is 23.6 Å². The molecule has 0 saturated carbocycles. The van der Waals surface area contributed by atoms with Gasteiger partial charge in [-0.05, 0) is 53.4 Å². The van der Waals surface area contributed by atoms with Crippen molar-refractivity contribution in [2.75, 3.05) is 32.7 Å². The summed E-state index contributed by atoms with van der Waals surface area (Å²) in [6.07, 6.45) is 1.09. The second-order valence-electron chi connectivity index (χ2n) is 7.85. The topological polar surface area (TPSA) is 42.0 Å². The van der Waals surface area contributed by atoms with Crippen molar-refractivity contribution in [1.29, 1.82) is 0 Å². The number of carbonyl (C=O) groups is 1. The first-order chi connectivity index (χ1) is 15.1. The number of hydrogen-bond donors (Lipinski definition) is 0. The molecule has 3 aromatic rings. The maximum Gasteiger partial charge on any atom is 0.253 e. The van der Waals surface area contributed by atoms with Gasteiger partial charge in [0.15, 0.2) is 11.5 Å². The summed E-state index contributed by atoms with van der Waals surface area (Å²) in [5, 5.41) is 0. The Morgan fingerprint density at radius 1 is 0.935 bits per heavy atom. The Balaban J connectivity index is 1.40. The van der Waals surface area contributed by atoms with Crippen LogP contribution in [0.1, 0.15) is 27.0 Å². The zero-order valence-corrected chi connectivity index (χ0v) is 18.3. The number of rotatable bonds is 7. The lowest BCUT2D eigenvalue weighted by Crippen LogP contribution is -2.26. The van der Waals surface area contributed by atoms with Crippen molar-refractivity contribution in [1.82, 2.24) is 4.90 Å². The van der Waals surface area contributed by atoms with Gasteiger partial charge in [0, 0.05) is 37.9 Å². The Morgan fingerprint density at radius 3 is 2.39 bits per heavy atom. The molecular formula is C26H28N2O3. The Hall–Kier alpha value is -3.47. The average molecular weight is 417 g/mol.